The standard InChI is InChI=1S/C18H28N4O3/c1-18(2,3)25-17(24)20-11-13-7-9-22(12-13)16(23)14-6-8-19-15(10-14)21(4)5/h6,8,10,13H,7,9,11-12H2,1-5H3,(H,20,24)/t13-/m1/s1. The summed E-state index contributed by atoms with van der Waals surface area (Å²) < 4.78 is 5.23. The number of carbonyl (C=O) groups excluding carboxylic acids is 2. The van der Waals surface area contributed by atoms with Gasteiger partial charge in [-0.2, -0.15) is 0 Å². The number of anilines is 1. The SMILES string of the molecule is CN(C)c1cc(C(=O)N2CC[C@H](CNC(=O)OC(C)(C)C)C2)ccn1. The summed E-state index contributed by atoms with van der Waals surface area (Å²) in [6.45, 7) is 7.34. The molecular weight excluding hydrogens is 320 g/mol. The average molecular weight is 348 g/mol. The van der Waals surface area contributed by atoms with Crippen LogP contribution in [0.2, 0.25) is 0 Å². The van der Waals surface area contributed by atoms with E-state index in [2.05, 4.69) is 10.3 Å². The summed E-state index contributed by atoms with van der Waals surface area (Å²) in [7, 11) is 3.79. The van der Waals surface area contributed by atoms with Gasteiger partial charge in [-0.05, 0) is 45.2 Å². The van der Waals surface area contributed by atoms with Gasteiger partial charge in [0.25, 0.3) is 5.91 Å². The molecule has 0 unspecified atom stereocenters. The lowest BCUT2D eigenvalue weighted by Crippen LogP contribution is -2.36. The summed E-state index contributed by atoms with van der Waals surface area (Å²) in [6, 6.07) is 3.54. The largest absolute Gasteiger partial charge is 0.444 e. The van der Waals surface area contributed by atoms with E-state index in [1.807, 2.05) is 44.7 Å². The third-order valence-electron chi connectivity index (χ3n) is 3.96. The maximum Gasteiger partial charge on any atom is 0.407 e. The first-order valence-corrected chi connectivity index (χ1v) is 8.55. The van der Waals surface area contributed by atoms with Crippen molar-refractivity contribution in [3.8, 4) is 0 Å². The van der Waals surface area contributed by atoms with E-state index < -0.39 is 11.7 Å². The normalized spacial score (nSPS) is 17.3. The van der Waals surface area contributed by atoms with E-state index in [0.717, 1.165) is 12.2 Å². The number of pyridine rings is 1. The quantitative estimate of drug-likeness (QED) is 0.902. The zero-order valence-electron chi connectivity index (χ0n) is 15.7. The molecule has 0 bridgehead atoms. The minimum atomic E-state index is -0.507. The van der Waals surface area contributed by atoms with Gasteiger partial charge in [0.2, 0.25) is 0 Å². The molecule has 0 radical (unpaired) electrons. The first kappa shape index (κ1) is 19.0. The van der Waals surface area contributed by atoms with Crippen molar-refractivity contribution in [2.24, 2.45) is 5.92 Å². The van der Waals surface area contributed by atoms with E-state index in [1.165, 1.54) is 0 Å². The van der Waals surface area contributed by atoms with Gasteiger partial charge in [0.15, 0.2) is 0 Å². The molecule has 2 amide bonds. The van der Waals surface area contributed by atoms with Crippen LogP contribution in [0.4, 0.5) is 10.6 Å². The molecule has 1 fully saturated rings. The number of aromatic nitrogens is 1. The molecule has 1 saturated heterocycles. The Labute approximate surface area is 149 Å². The molecule has 0 aromatic carbocycles. The third kappa shape index (κ3) is 5.62. The third-order valence-corrected chi connectivity index (χ3v) is 3.96. The number of nitrogens with zero attached hydrogens (tertiary/aromatic N) is 3. The molecule has 1 aromatic rings. The Kier molecular flexibility index (Phi) is 5.87. The van der Waals surface area contributed by atoms with Crippen LogP contribution in [0.3, 0.4) is 0 Å². The fraction of sp³-hybridized carbons (Fsp3) is 0.611. The number of hydrogen-bond acceptors (Lipinski definition) is 5. The van der Waals surface area contributed by atoms with Gasteiger partial charge in [-0.3, -0.25) is 4.79 Å². The van der Waals surface area contributed by atoms with Gasteiger partial charge in [-0.1, -0.05) is 0 Å². The Morgan fingerprint density at radius 2 is 2.12 bits per heavy atom. The van der Waals surface area contributed by atoms with Crippen molar-refractivity contribution in [3.05, 3.63) is 23.9 Å². The second kappa shape index (κ2) is 7.72. The molecule has 1 N–H and O–H groups in total. The van der Waals surface area contributed by atoms with E-state index in [9.17, 15) is 9.59 Å². The van der Waals surface area contributed by atoms with Gasteiger partial charge in [-0.25, -0.2) is 9.78 Å². The molecule has 2 heterocycles. The number of rotatable bonds is 4. The molecule has 138 valence electrons. The van der Waals surface area contributed by atoms with Crippen LogP contribution >= 0.6 is 0 Å². The highest BCUT2D eigenvalue weighted by Crippen LogP contribution is 2.20. The molecule has 1 aromatic heterocycles. The average Bonchev–Trinajstić information content (AvgIpc) is 2.99. The first-order valence-electron chi connectivity index (χ1n) is 8.55. The van der Waals surface area contributed by atoms with E-state index >= 15 is 0 Å². The molecule has 25 heavy (non-hydrogen) atoms. The van der Waals surface area contributed by atoms with Crippen LogP contribution in [0.5, 0.6) is 0 Å². The van der Waals surface area contributed by atoms with E-state index in [0.29, 0.717) is 25.2 Å². The highest BCUT2D eigenvalue weighted by atomic mass is 16.6. The molecule has 0 spiro atoms. The van der Waals surface area contributed by atoms with Crippen LogP contribution < -0.4 is 10.2 Å². The number of nitrogens with one attached hydrogen (secondary N) is 1. The lowest BCUT2D eigenvalue weighted by molar-refractivity contribution is 0.0520. The Morgan fingerprint density at radius 1 is 1.40 bits per heavy atom. The van der Waals surface area contributed by atoms with Crippen molar-refractivity contribution in [2.75, 3.05) is 38.6 Å². The van der Waals surface area contributed by atoms with Gasteiger partial charge < -0.3 is 19.9 Å². The second-order valence-corrected chi connectivity index (χ2v) is 7.59. The smallest absolute Gasteiger partial charge is 0.407 e. The fourth-order valence-corrected chi connectivity index (χ4v) is 2.70. The molecule has 0 aliphatic carbocycles. The lowest BCUT2D eigenvalue weighted by atomic mass is 10.1. The van der Waals surface area contributed by atoms with Crippen LogP contribution in [-0.4, -0.2) is 61.2 Å². The Bertz CT molecular complexity index is 625. The van der Waals surface area contributed by atoms with Crippen molar-refractivity contribution >= 4 is 17.8 Å². The van der Waals surface area contributed by atoms with Gasteiger partial charge in [-0.15, -0.1) is 0 Å². The van der Waals surface area contributed by atoms with Crippen LogP contribution in [0.25, 0.3) is 0 Å². The van der Waals surface area contributed by atoms with Crippen LogP contribution in [-0.2, 0) is 4.74 Å². The highest BCUT2D eigenvalue weighted by Gasteiger charge is 2.28. The van der Waals surface area contributed by atoms with Crippen molar-refractivity contribution in [1.29, 1.82) is 0 Å². The number of likely N-dealkylation sites (tertiary alicyclic amines) is 1. The van der Waals surface area contributed by atoms with E-state index in [1.54, 1.807) is 18.3 Å². The minimum Gasteiger partial charge on any atom is -0.444 e. The topological polar surface area (TPSA) is 74.8 Å². The number of ether oxygens (including phenoxy) is 1. The minimum absolute atomic E-state index is 0.00488. The number of amides is 2. The van der Waals surface area contributed by atoms with Crippen molar-refractivity contribution in [1.82, 2.24) is 15.2 Å². The summed E-state index contributed by atoms with van der Waals surface area (Å²) in [5.41, 5.74) is 0.132. The van der Waals surface area contributed by atoms with Crippen molar-refractivity contribution < 1.29 is 14.3 Å². The number of alkyl carbamates (subject to hydrolysis) is 1. The fourth-order valence-electron chi connectivity index (χ4n) is 2.70. The van der Waals surface area contributed by atoms with Crippen LogP contribution in [0.15, 0.2) is 18.3 Å². The van der Waals surface area contributed by atoms with Crippen LogP contribution in [0, 0.1) is 5.92 Å². The predicted octanol–water partition coefficient (Wildman–Crippen LogP) is 2.13. The molecule has 1 atom stereocenters. The number of carbonyl (C=O) groups is 2. The van der Waals surface area contributed by atoms with Crippen molar-refractivity contribution in [2.45, 2.75) is 32.8 Å². The first-order chi connectivity index (χ1) is 11.7. The maximum atomic E-state index is 12.7. The summed E-state index contributed by atoms with van der Waals surface area (Å²) in [6.07, 6.45) is 2.11. The Balaban J connectivity index is 1.87. The molecule has 7 heteroatoms. The van der Waals surface area contributed by atoms with Gasteiger partial charge >= 0.3 is 6.09 Å². The Morgan fingerprint density at radius 3 is 2.76 bits per heavy atom. The Hall–Kier alpha value is -2.31. The van der Waals surface area contributed by atoms with Gasteiger partial charge in [0.05, 0.1) is 0 Å². The lowest BCUT2D eigenvalue weighted by Gasteiger charge is -2.21. The summed E-state index contributed by atoms with van der Waals surface area (Å²) in [5, 5.41) is 2.79. The van der Waals surface area contributed by atoms with Crippen LogP contribution in [0.1, 0.15) is 37.6 Å². The van der Waals surface area contributed by atoms with E-state index in [4.69, 9.17) is 4.74 Å². The summed E-state index contributed by atoms with van der Waals surface area (Å²) in [5.74, 6) is 1.00. The summed E-state index contributed by atoms with van der Waals surface area (Å²) in [4.78, 5) is 32.3. The maximum absolute atomic E-state index is 12.7. The number of hydrogen-bond donors (Lipinski definition) is 1. The summed E-state index contributed by atoms with van der Waals surface area (Å²) >= 11 is 0. The van der Waals surface area contributed by atoms with E-state index in [-0.39, 0.29) is 11.8 Å². The molecule has 2 rings (SSSR count). The molecule has 1 aliphatic heterocycles. The predicted molar refractivity (Wildman–Crippen MR) is 96.8 cm³/mol. The van der Waals surface area contributed by atoms with Gasteiger partial charge in [0, 0.05) is 45.5 Å². The zero-order valence-corrected chi connectivity index (χ0v) is 15.7. The molecule has 1 aliphatic rings. The highest BCUT2D eigenvalue weighted by molar-refractivity contribution is 5.95. The molecule has 7 nitrogen and oxygen atoms in total. The molecule has 0 saturated carbocycles. The molecular formula is C18H28N4O3. The monoisotopic (exact) mass is 348 g/mol. The zero-order chi connectivity index (χ0) is 18.6. The van der Waals surface area contributed by atoms with Crippen molar-refractivity contribution in [3.63, 3.8) is 0 Å². The van der Waals surface area contributed by atoms with Gasteiger partial charge in [0.1, 0.15) is 11.4 Å². The second-order valence-electron chi connectivity index (χ2n) is 7.59.